The number of hydrogen-bond donors (Lipinski definition) is 0. The Balaban J connectivity index is 1.44. The summed E-state index contributed by atoms with van der Waals surface area (Å²) < 4.78 is 7.66. The predicted octanol–water partition coefficient (Wildman–Crippen LogP) is 3.37. The van der Waals surface area contributed by atoms with Crippen molar-refractivity contribution in [3.05, 3.63) is 60.0 Å². The Hall–Kier alpha value is -2.73. The van der Waals surface area contributed by atoms with E-state index in [4.69, 9.17) is 4.74 Å². The van der Waals surface area contributed by atoms with E-state index in [2.05, 4.69) is 29.0 Å². The van der Waals surface area contributed by atoms with Gasteiger partial charge in [0.15, 0.2) is 5.65 Å². The molecule has 1 amide bonds. The van der Waals surface area contributed by atoms with E-state index in [9.17, 15) is 4.79 Å². The van der Waals surface area contributed by atoms with Crippen molar-refractivity contribution in [1.29, 1.82) is 0 Å². The summed E-state index contributed by atoms with van der Waals surface area (Å²) in [5, 5.41) is 0. The molecule has 2 aromatic heterocycles. The number of pyridine rings is 1. The van der Waals surface area contributed by atoms with Crippen molar-refractivity contribution in [2.24, 2.45) is 5.92 Å². The number of carbonyl (C=O) groups is 1. The number of amides is 1. The summed E-state index contributed by atoms with van der Waals surface area (Å²) in [6.45, 7) is 5.87. The van der Waals surface area contributed by atoms with E-state index in [1.807, 2.05) is 33.7 Å². The highest BCUT2D eigenvalue weighted by Crippen LogP contribution is 2.21. The van der Waals surface area contributed by atoms with Gasteiger partial charge in [-0.2, -0.15) is 0 Å². The van der Waals surface area contributed by atoms with Crippen LogP contribution >= 0.6 is 0 Å². The SMILES string of the molecule is CCCOCC1CCN(C(=O)c2cnc3c(c2)ncn3Cc2ccccc2)C1. The van der Waals surface area contributed by atoms with Crippen LogP contribution in [0.15, 0.2) is 48.9 Å². The number of carbonyl (C=O) groups excluding carboxylic acids is 1. The van der Waals surface area contributed by atoms with Gasteiger partial charge in [0.2, 0.25) is 0 Å². The Bertz CT molecular complexity index is 938. The molecule has 6 heteroatoms. The van der Waals surface area contributed by atoms with Gasteiger partial charge in [-0.05, 0) is 24.5 Å². The third-order valence-corrected chi connectivity index (χ3v) is 5.17. The molecule has 0 bridgehead atoms. The van der Waals surface area contributed by atoms with Gasteiger partial charge in [0.05, 0.1) is 25.0 Å². The van der Waals surface area contributed by atoms with Crippen molar-refractivity contribution in [2.75, 3.05) is 26.3 Å². The van der Waals surface area contributed by atoms with Gasteiger partial charge >= 0.3 is 0 Å². The van der Waals surface area contributed by atoms with E-state index in [1.54, 1.807) is 12.5 Å². The smallest absolute Gasteiger partial charge is 0.255 e. The van der Waals surface area contributed by atoms with E-state index in [1.165, 1.54) is 5.56 Å². The number of imidazole rings is 1. The summed E-state index contributed by atoms with van der Waals surface area (Å²) in [6.07, 6.45) is 5.49. The molecule has 0 spiro atoms. The molecular formula is C22H26N4O2. The van der Waals surface area contributed by atoms with E-state index >= 15 is 0 Å². The number of benzene rings is 1. The molecule has 0 saturated carbocycles. The molecule has 3 heterocycles. The highest BCUT2D eigenvalue weighted by atomic mass is 16.5. The fraction of sp³-hybridized carbons (Fsp3) is 0.409. The Morgan fingerprint density at radius 3 is 2.93 bits per heavy atom. The van der Waals surface area contributed by atoms with Crippen molar-refractivity contribution >= 4 is 17.1 Å². The van der Waals surface area contributed by atoms with Crippen LogP contribution in [-0.4, -0.2) is 51.6 Å². The molecule has 28 heavy (non-hydrogen) atoms. The lowest BCUT2D eigenvalue weighted by atomic mass is 10.1. The van der Waals surface area contributed by atoms with Gasteiger partial charge in [-0.1, -0.05) is 37.3 Å². The molecule has 1 saturated heterocycles. The minimum Gasteiger partial charge on any atom is -0.381 e. The van der Waals surface area contributed by atoms with Crippen LogP contribution in [0.25, 0.3) is 11.2 Å². The van der Waals surface area contributed by atoms with Crippen LogP contribution in [0.5, 0.6) is 0 Å². The second-order valence-corrected chi connectivity index (χ2v) is 7.41. The topological polar surface area (TPSA) is 60.2 Å². The molecule has 1 unspecified atom stereocenters. The first-order chi connectivity index (χ1) is 13.7. The number of ether oxygens (including phenoxy) is 1. The quantitative estimate of drug-likeness (QED) is 0.592. The summed E-state index contributed by atoms with van der Waals surface area (Å²) in [4.78, 5) is 23.8. The van der Waals surface area contributed by atoms with E-state index in [-0.39, 0.29) is 5.91 Å². The molecule has 1 fully saturated rings. The maximum atomic E-state index is 12.9. The van der Waals surface area contributed by atoms with Crippen molar-refractivity contribution < 1.29 is 9.53 Å². The molecule has 0 aliphatic carbocycles. The van der Waals surface area contributed by atoms with Gasteiger partial charge in [-0.3, -0.25) is 4.79 Å². The number of rotatable bonds is 7. The molecule has 1 aliphatic rings. The van der Waals surface area contributed by atoms with Crippen LogP contribution in [0.1, 0.15) is 35.7 Å². The zero-order valence-corrected chi connectivity index (χ0v) is 16.3. The second kappa shape index (κ2) is 8.52. The lowest BCUT2D eigenvalue weighted by molar-refractivity contribution is 0.0754. The molecule has 6 nitrogen and oxygen atoms in total. The largest absolute Gasteiger partial charge is 0.381 e. The Morgan fingerprint density at radius 2 is 2.11 bits per heavy atom. The number of aromatic nitrogens is 3. The van der Waals surface area contributed by atoms with Crippen LogP contribution < -0.4 is 0 Å². The highest BCUT2D eigenvalue weighted by Gasteiger charge is 2.27. The molecule has 146 valence electrons. The van der Waals surface area contributed by atoms with E-state index in [0.29, 0.717) is 18.0 Å². The third-order valence-electron chi connectivity index (χ3n) is 5.17. The first kappa shape index (κ1) is 18.6. The highest BCUT2D eigenvalue weighted by molar-refractivity contribution is 5.96. The lowest BCUT2D eigenvalue weighted by Gasteiger charge is -2.16. The van der Waals surface area contributed by atoms with Crippen LogP contribution in [0.4, 0.5) is 0 Å². The van der Waals surface area contributed by atoms with Crippen molar-refractivity contribution in [2.45, 2.75) is 26.3 Å². The van der Waals surface area contributed by atoms with Crippen molar-refractivity contribution in [1.82, 2.24) is 19.4 Å². The number of likely N-dealkylation sites (tertiary alicyclic amines) is 1. The fourth-order valence-corrected chi connectivity index (χ4v) is 3.69. The summed E-state index contributed by atoms with van der Waals surface area (Å²) in [5.41, 5.74) is 3.35. The number of nitrogens with zero attached hydrogens (tertiary/aromatic N) is 4. The van der Waals surface area contributed by atoms with E-state index in [0.717, 1.165) is 50.3 Å². The minimum absolute atomic E-state index is 0.0324. The minimum atomic E-state index is 0.0324. The molecule has 0 radical (unpaired) electrons. The summed E-state index contributed by atoms with van der Waals surface area (Å²) >= 11 is 0. The average Bonchev–Trinajstić information content (AvgIpc) is 3.36. The summed E-state index contributed by atoms with van der Waals surface area (Å²) in [6, 6.07) is 12.1. The zero-order valence-electron chi connectivity index (χ0n) is 16.3. The predicted molar refractivity (Wildman–Crippen MR) is 108 cm³/mol. The fourth-order valence-electron chi connectivity index (χ4n) is 3.69. The first-order valence-electron chi connectivity index (χ1n) is 9.96. The molecule has 1 aliphatic heterocycles. The molecule has 1 atom stereocenters. The molecule has 3 aromatic rings. The van der Waals surface area contributed by atoms with Gasteiger partial charge in [0.1, 0.15) is 5.52 Å². The van der Waals surface area contributed by atoms with Crippen molar-refractivity contribution in [3.8, 4) is 0 Å². The van der Waals surface area contributed by atoms with Gasteiger partial charge in [0, 0.05) is 31.8 Å². The Morgan fingerprint density at radius 1 is 1.25 bits per heavy atom. The number of hydrogen-bond acceptors (Lipinski definition) is 4. The van der Waals surface area contributed by atoms with Gasteiger partial charge in [-0.25, -0.2) is 9.97 Å². The summed E-state index contributed by atoms with van der Waals surface area (Å²) in [7, 11) is 0. The maximum absolute atomic E-state index is 12.9. The van der Waals surface area contributed by atoms with Gasteiger partial charge in [0.25, 0.3) is 5.91 Å². The van der Waals surface area contributed by atoms with Gasteiger partial charge in [-0.15, -0.1) is 0 Å². The van der Waals surface area contributed by atoms with Crippen LogP contribution in [0.2, 0.25) is 0 Å². The second-order valence-electron chi connectivity index (χ2n) is 7.41. The Labute approximate surface area is 165 Å². The first-order valence-corrected chi connectivity index (χ1v) is 9.96. The number of fused-ring (bicyclic) bond motifs is 1. The monoisotopic (exact) mass is 378 g/mol. The zero-order chi connectivity index (χ0) is 19.3. The van der Waals surface area contributed by atoms with Crippen LogP contribution in [0.3, 0.4) is 0 Å². The molecule has 4 rings (SSSR count). The maximum Gasteiger partial charge on any atom is 0.255 e. The lowest BCUT2D eigenvalue weighted by Crippen LogP contribution is -2.29. The summed E-state index contributed by atoms with van der Waals surface area (Å²) in [5.74, 6) is 0.460. The van der Waals surface area contributed by atoms with Crippen LogP contribution in [-0.2, 0) is 11.3 Å². The molecular weight excluding hydrogens is 352 g/mol. The average molecular weight is 378 g/mol. The van der Waals surface area contributed by atoms with Crippen LogP contribution in [0, 0.1) is 5.92 Å². The standard InChI is InChI=1S/C22H26N4O2/c1-2-10-28-15-18-8-9-25(14-18)22(27)19-11-20-21(23-12-19)26(16-24-20)13-17-6-4-3-5-7-17/h3-7,11-12,16,18H,2,8-10,13-15H2,1H3. The van der Waals surface area contributed by atoms with Crippen molar-refractivity contribution in [3.63, 3.8) is 0 Å². The van der Waals surface area contributed by atoms with Gasteiger partial charge < -0.3 is 14.2 Å². The molecule has 1 aromatic carbocycles. The Kier molecular flexibility index (Phi) is 5.67. The normalized spacial score (nSPS) is 16.8. The molecule has 0 N–H and O–H groups in total. The van der Waals surface area contributed by atoms with E-state index < -0.39 is 0 Å². The third kappa shape index (κ3) is 4.07.